The molecular weight excluding hydrogens is 399 g/mol. The van der Waals surface area contributed by atoms with E-state index in [1.807, 2.05) is 12.1 Å². The summed E-state index contributed by atoms with van der Waals surface area (Å²) >= 11 is 5.47. The Hall–Kier alpha value is -0.890. The van der Waals surface area contributed by atoms with Gasteiger partial charge in [-0.05, 0) is 40.8 Å². The molecule has 2 rings (SSSR count). The normalized spacial score (nSPS) is 10.2. The van der Waals surface area contributed by atoms with Crippen LogP contribution < -0.4 is 5.32 Å². The summed E-state index contributed by atoms with van der Waals surface area (Å²) in [5.41, 5.74) is 1.34. The maximum Gasteiger partial charge on any atom is 0.252 e. The van der Waals surface area contributed by atoms with Crippen LogP contribution >= 0.6 is 38.5 Å². The van der Waals surface area contributed by atoms with E-state index in [1.165, 1.54) is 6.26 Å². The number of nitrogens with zero attached hydrogens (tertiary/aromatic N) is 1. The van der Waals surface area contributed by atoms with Crippen LogP contribution in [0.1, 0.15) is 16.1 Å². The van der Waals surface area contributed by atoms with Crippen LogP contribution in [0.4, 0.5) is 0 Å². The van der Waals surface area contributed by atoms with Crippen LogP contribution in [0.25, 0.3) is 0 Å². The van der Waals surface area contributed by atoms with E-state index in [4.69, 9.17) is 0 Å². The lowest BCUT2D eigenvalue weighted by Gasteiger charge is -2.05. The monoisotopic (exact) mass is 406 g/mol. The van der Waals surface area contributed by atoms with Gasteiger partial charge in [0.25, 0.3) is 5.91 Å². The van der Waals surface area contributed by atoms with Gasteiger partial charge in [-0.15, -0.1) is 0 Å². The minimum atomic E-state index is -0.126. The number of carbonyl (C=O) groups is 1. The van der Waals surface area contributed by atoms with E-state index < -0.39 is 0 Å². The molecule has 1 aromatic heterocycles. The molecule has 0 aliphatic heterocycles. The maximum atomic E-state index is 11.9. The van der Waals surface area contributed by atoms with Crippen molar-refractivity contribution in [2.45, 2.75) is 6.54 Å². The second-order valence-corrected chi connectivity index (χ2v) is 5.38. The Morgan fingerprint density at radius 1 is 1.47 bits per heavy atom. The van der Waals surface area contributed by atoms with Gasteiger partial charge < -0.3 is 9.84 Å². The molecule has 0 unspecified atom stereocenters. The second kappa shape index (κ2) is 5.63. The Bertz CT molecular complexity index is 528. The highest BCUT2D eigenvalue weighted by molar-refractivity contribution is 14.1. The minimum Gasteiger partial charge on any atom is -0.364 e. The molecule has 0 aliphatic rings. The van der Waals surface area contributed by atoms with Gasteiger partial charge in [-0.2, -0.15) is 0 Å². The quantitative estimate of drug-likeness (QED) is 0.797. The summed E-state index contributed by atoms with van der Waals surface area (Å²) in [5, 5.41) is 6.50. The molecule has 0 atom stereocenters. The number of hydrogen-bond acceptors (Lipinski definition) is 3. The van der Waals surface area contributed by atoms with Crippen molar-refractivity contribution in [2.75, 3.05) is 0 Å². The van der Waals surface area contributed by atoms with E-state index in [-0.39, 0.29) is 5.91 Å². The first-order valence-corrected chi connectivity index (χ1v) is 6.66. The van der Waals surface area contributed by atoms with Crippen LogP contribution in [0, 0.1) is 3.57 Å². The lowest BCUT2D eigenvalue weighted by atomic mass is 10.2. The summed E-state index contributed by atoms with van der Waals surface area (Å²) in [6, 6.07) is 7.29. The molecule has 0 saturated heterocycles. The van der Waals surface area contributed by atoms with Crippen LogP contribution in [-0.2, 0) is 6.54 Å². The number of halogens is 2. The molecule has 1 N–H and O–H groups in total. The average molecular weight is 407 g/mol. The SMILES string of the molecule is O=C(NCc1ccon1)c1cc(Br)ccc1I. The molecule has 0 bridgehead atoms. The molecule has 0 fully saturated rings. The third-order valence-corrected chi connectivity index (χ3v) is 3.53. The lowest BCUT2D eigenvalue weighted by molar-refractivity contribution is 0.0949. The topological polar surface area (TPSA) is 55.1 Å². The van der Waals surface area contributed by atoms with Crippen LogP contribution in [0.3, 0.4) is 0 Å². The molecule has 1 amide bonds. The van der Waals surface area contributed by atoms with Crippen LogP contribution in [0.15, 0.2) is 39.5 Å². The summed E-state index contributed by atoms with van der Waals surface area (Å²) in [5.74, 6) is -0.126. The molecule has 1 heterocycles. The highest BCUT2D eigenvalue weighted by atomic mass is 127. The van der Waals surface area contributed by atoms with Crippen molar-refractivity contribution in [3.63, 3.8) is 0 Å². The predicted octanol–water partition coefficient (Wildman–Crippen LogP) is 2.97. The fourth-order valence-electron chi connectivity index (χ4n) is 1.27. The van der Waals surface area contributed by atoms with Gasteiger partial charge >= 0.3 is 0 Å². The minimum absolute atomic E-state index is 0.126. The molecule has 0 radical (unpaired) electrons. The second-order valence-electron chi connectivity index (χ2n) is 3.30. The molecule has 6 heteroatoms. The molecule has 17 heavy (non-hydrogen) atoms. The first-order chi connectivity index (χ1) is 8.16. The van der Waals surface area contributed by atoms with Crippen molar-refractivity contribution in [3.8, 4) is 0 Å². The molecule has 2 aromatic rings. The van der Waals surface area contributed by atoms with Crippen molar-refractivity contribution in [3.05, 3.63) is 49.8 Å². The summed E-state index contributed by atoms with van der Waals surface area (Å²) in [6.45, 7) is 0.359. The van der Waals surface area contributed by atoms with Gasteiger partial charge in [0.15, 0.2) is 0 Å². The Balaban J connectivity index is 2.07. The van der Waals surface area contributed by atoms with E-state index in [9.17, 15) is 4.79 Å². The fraction of sp³-hybridized carbons (Fsp3) is 0.0909. The smallest absolute Gasteiger partial charge is 0.252 e. The zero-order valence-electron chi connectivity index (χ0n) is 8.61. The number of benzene rings is 1. The third kappa shape index (κ3) is 3.29. The summed E-state index contributed by atoms with van der Waals surface area (Å²) in [4.78, 5) is 11.9. The van der Waals surface area contributed by atoms with Gasteiger partial charge in [0, 0.05) is 14.1 Å². The zero-order valence-corrected chi connectivity index (χ0v) is 12.4. The number of aromatic nitrogens is 1. The van der Waals surface area contributed by atoms with Crippen LogP contribution in [0.2, 0.25) is 0 Å². The number of carbonyl (C=O) groups excluding carboxylic acids is 1. The highest BCUT2D eigenvalue weighted by Gasteiger charge is 2.10. The zero-order chi connectivity index (χ0) is 12.3. The highest BCUT2D eigenvalue weighted by Crippen LogP contribution is 2.18. The van der Waals surface area contributed by atoms with E-state index in [1.54, 1.807) is 12.1 Å². The van der Waals surface area contributed by atoms with E-state index in [2.05, 4.69) is 53.5 Å². The molecular formula is C11H8BrIN2O2. The molecule has 88 valence electrons. The van der Waals surface area contributed by atoms with Crippen molar-refractivity contribution in [1.82, 2.24) is 10.5 Å². The van der Waals surface area contributed by atoms with Crippen molar-refractivity contribution < 1.29 is 9.32 Å². The van der Waals surface area contributed by atoms with Gasteiger partial charge in [0.1, 0.15) is 12.0 Å². The molecule has 0 aliphatic carbocycles. The largest absolute Gasteiger partial charge is 0.364 e. The van der Waals surface area contributed by atoms with Gasteiger partial charge in [-0.25, -0.2) is 0 Å². The summed E-state index contributed by atoms with van der Waals surface area (Å²) in [7, 11) is 0. The number of nitrogens with one attached hydrogen (secondary N) is 1. The Labute approximate surface area is 120 Å². The molecule has 0 saturated carbocycles. The molecule has 0 spiro atoms. The molecule has 4 nitrogen and oxygen atoms in total. The van der Waals surface area contributed by atoms with Crippen LogP contribution in [-0.4, -0.2) is 11.1 Å². The van der Waals surface area contributed by atoms with E-state index >= 15 is 0 Å². The van der Waals surface area contributed by atoms with Gasteiger partial charge in [-0.3, -0.25) is 4.79 Å². The number of rotatable bonds is 3. The fourth-order valence-corrected chi connectivity index (χ4v) is 2.21. The van der Waals surface area contributed by atoms with E-state index in [0.29, 0.717) is 17.8 Å². The van der Waals surface area contributed by atoms with Crippen molar-refractivity contribution in [2.24, 2.45) is 0 Å². The first kappa shape index (κ1) is 12.6. The first-order valence-electron chi connectivity index (χ1n) is 4.79. The van der Waals surface area contributed by atoms with Gasteiger partial charge in [0.05, 0.1) is 12.1 Å². The standard InChI is InChI=1S/C11H8BrIN2O2/c12-7-1-2-10(13)9(5-7)11(16)14-6-8-3-4-17-15-8/h1-5H,6H2,(H,14,16). The molecule has 1 aromatic carbocycles. The average Bonchev–Trinajstić information content (AvgIpc) is 2.82. The van der Waals surface area contributed by atoms with Crippen molar-refractivity contribution >= 4 is 44.4 Å². The number of amides is 1. The maximum absolute atomic E-state index is 11.9. The predicted molar refractivity (Wildman–Crippen MR) is 74.5 cm³/mol. The third-order valence-electron chi connectivity index (χ3n) is 2.09. The van der Waals surface area contributed by atoms with Gasteiger partial charge in [0.2, 0.25) is 0 Å². The Morgan fingerprint density at radius 2 is 2.29 bits per heavy atom. The summed E-state index contributed by atoms with van der Waals surface area (Å²) < 4.78 is 6.47. The van der Waals surface area contributed by atoms with E-state index in [0.717, 1.165) is 8.04 Å². The van der Waals surface area contributed by atoms with Crippen molar-refractivity contribution in [1.29, 1.82) is 0 Å². The van der Waals surface area contributed by atoms with Gasteiger partial charge in [-0.1, -0.05) is 21.1 Å². The Kier molecular flexibility index (Phi) is 4.16. The lowest BCUT2D eigenvalue weighted by Crippen LogP contribution is -2.23. The van der Waals surface area contributed by atoms with Crippen LogP contribution in [0.5, 0.6) is 0 Å². The summed E-state index contributed by atoms with van der Waals surface area (Å²) in [6.07, 6.45) is 1.48. The Morgan fingerprint density at radius 3 is 3.00 bits per heavy atom. The number of hydrogen-bond donors (Lipinski definition) is 1.